The highest BCUT2D eigenvalue weighted by Crippen LogP contribution is 2.12. The summed E-state index contributed by atoms with van der Waals surface area (Å²) in [5.41, 5.74) is 4.00. The molecule has 3 aromatic rings. The van der Waals surface area contributed by atoms with Gasteiger partial charge in [0, 0.05) is 29.9 Å². The first-order valence-electron chi connectivity index (χ1n) is 8.88. The highest BCUT2D eigenvalue weighted by atomic mass is 35.5. The Balaban J connectivity index is 1.53. The van der Waals surface area contributed by atoms with Gasteiger partial charge in [-0.2, -0.15) is 0 Å². The zero-order valence-corrected chi connectivity index (χ0v) is 16.0. The average molecular weight is 380 g/mol. The van der Waals surface area contributed by atoms with Gasteiger partial charge in [-0.15, -0.1) is 0 Å². The van der Waals surface area contributed by atoms with Crippen LogP contribution >= 0.6 is 11.6 Å². The highest BCUT2D eigenvalue weighted by Gasteiger charge is 2.07. The second kappa shape index (κ2) is 9.19. The maximum atomic E-state index is 12.4. The molecule has 0 radical (unpaired) electrons. The van der Waals surface area contributed by atoms with Gasteiger partial charge in [0.25, 0.3) is 5.91 Å². The van der Waals surface area contributed by atoms with Gasteiger partial charge in [-0.3, -0.25) is 4.79 Å². The van der Waals surface area contributed by atoms with E-state index in [0.717, 1.165) is 22.6 Å². The molecule has 2 N–H and O–H groups in total. The summed E-state index contributed by atoms with van der Waals surface area (Å²) in [5, 5.41) is 6.94. The van der Waals surface area contributed by atoms with E-state index in [0.29, 0.717) is 24.5 Å². The average Bonchev–Trinajstić information content (AvgIpc) is 2.66. The number of rotatable bonds is 7. The molecule has 5 heteroatoms. The Labute approximate surface area is 164 Å². The minimum atomic E-state index is -0.114. The fourth-order valence-electron chi connectivity index (χ4n) is 2.80. The lowest BCUT2D eigenvalue weighted by atomic mass is 10.1. The number of amides is 1. The lowest BCUT2D eigenvalue weighted by molar-refractivity contribution is 0.0951. The van der Waals surface area contributed by atoms with Crippen molar-refractivity contribution in [1.82, 2.24) is 10.3 Å². The third kappa shape index (κ3) is 5.83. The Kier molecular flexibility index (Phi) is 6.44. The first kappa shape index (κ1) is 18.9. The fourth-order valence-corrected chi connectivity index (χ4v) is 3.02. The molecule has 2 aromatic carbocycles. The number of hydrogen-bond donors (Lipinski definition) is 2. The van der Waals surface area contributed by atoms with E-state index in [-0.39, 0.29) is 5.91 Å². The summed E-state index contributed by atoms with van der Waals surface area (Å²) in [6.45, 7) is 3.25. The van der Waals surface area contributed by atoms with E-state index in [1.165, 1.54) is 5.56 Å². The fraction of sp³-hybridized carbons (Fsp3) is 0.182. The van der Waals surface area contributed by atoms with E-state index in [1.54, 1.807) is 18.3 Å². The van der Waals surface area contributed by atoms with Crippen LogP contribution in [0.15, 0.2) is 66.9 Å². The standard InChI is InChI=1S/C22H22ClN3O/c1-16-4-2-6-18(12-16)15-26-22(27)19-9-11-25-21(14-19)24-10-8-17-5-3-7-20(23)13-17/h2-7,9,11-14H,8,10,15H2,1H3,(H,24,25)(H,26,27). The van der Waals surface area contributed by atoms with Crippen LogP contribution in [0.5, 0.6) is 0 Å². The van der Waals surface area contributed by atoms with Crippen LogP contribution in [0, 0.1) is 6.92 Å². The number of carbonyl (C=O) groups excluding carboxylic acids is 1. The molecule has 3 rings (SSSR count). The Morgan fingerprint density at radius 2 is 1.85 bits per heavy atom. The first-order chi connectivity index (χ1) is 13.1. The topological polar surface area (TPSA) is 54.0 Å². The van der Waals surface area contributed by atoms with Gasteiger partial charge in [0.1, 0.15) is 5.82 Å². The third-order valence-electron chi connectivity index (χ3n) is 4.17. The van der Waals surface area contributed by atoms with Crippen LogP contribution in [0.25, 0.3) is 0 Å². The molecule has 0 aliphatic carbocycles. The monoisotopic (exact) mass is 379 g/mol. The quantitative estimate of drug-likeness (QED) is 0.629. The molecule has 1 amide bonds. The van der Waals surface area contributed by atoms with Gasteiger partial charge in [0.05, 0.1) is 0 Å². The highest BCUT2D eigenvalue weighted by molar-refractivity contribution is 6.30. The summed E-state index contributed by atoms with van der Waals surface area (Å²) in [7, 11) is 0. The van der Waals surface area contributed by atoms with Crippen molar-refractivity contribution in [2.75, 3.05) is 11.9 Å². The minimum absolute atomic E-state index is 0.114. The summed E-state index contributed by atoms with van der Waals surface area (Å²) in [5.74, 6) is 0.567. The summed E-state index contributed by atoms with van der Waals surface area (Å²) in [6.07, 6.45) is 2.47. The molecule has 0 saturated carbocycles. The van der Waals surface area contributed by atoms with Crippen molar-refractivity contribution in [3.05, 3.63) is 94.1 Å². The molecule has 0 unspecified atom stereocenters. The van der Waals surface area contributed by atoms with Crippen molar-refractivity contribution in [3.8, 4) is 0 Å². The summed E-state index contributed by atoms with van der Waals surface area (Å²) < 4.78 is 0. The Morgan fingerprint density at radius 3 is 2.67 bits per heavy atom. The van der Waals surface area contributed by atoms with Crippen LogP contribution < -0.4 is 10.6 Å². The van der Waals surface area contributed by atoms with E-state index in [9.17, 15) is 4.79 Å². The van der Waals surface area contributed by atoms with Crippen LogP contribution in [-0.2, 0) is 13.0 Å². The van der Waals surface area contributed by atoms with Crippen molar-refractivity contribution < 1.29 is 4.79 Å². The van der Waals surface area contributed by atoms with E-state index < -0.39 is 0 Å². The Morgan fingerprint density at radius 1 is 1.04 bits per heavy atom. The van der Waals surface area contributed by atoms with Crippen LogP contribution in [0.4, 0.5) is 5.82 Å². The number of anilines is 1. The number of carbonyl (C=O) groups is 1. The van der Waals surface area contributed by atoms with Crippen LogP contribution in [-0.4, -0.2) is 17.4 Å². The van der Waals surface area contributed by atoms with Gasteiger partial charge in [0.2, 0.25) is 0 Å². The van der Waals surface area contributed by atoms with Crippen LogP contribution in [0.1, 0.15) is 27.0 Å². The van der Waals surface area contributed by atoms with E-state index in [2.05, 4.69) is 21.7 Å². The molecule has 138 valence electrons. The summed E-state index contributed by atoms with van der Waals surface area (Å²) >= 11 is 6.00. The van der Waals surface area contributed by atoms with Gasteiger partial charge in [0.15, 0.2) is 0 Å². The van der Waals surface area contributed by atoms with Crippen LogP contribution in [0.3, 0.4) is 0 Å². The number of halogens is 1. The predicted molar refractivity (Wildman–Crippen MR) is 110 cm³/mol. The van der Waals surface area contributed by atoms with Crippen molar-refractivity contribution in [2.24, 2.45) is 0 Å². The largest absolute Gasteiger partial charge is 0.370 e. The summed E-state index contributed by atoms with van der Waals surface area (Å²) in [6, 6.07) is 19.4. The number of benzene rings is 2. The minimum Gasteiger partial charge on any atom is -0.370 e. The van der Waals surface area contributed by atoms with Crippen LogP contribution in [0.2, 0.25) is 5.02 Å². The van der Waals surface area contributed by atoms with Crippen molar-refractivity contribution in [1.29, 1.82) is 0 Å². The number of nitrogens with zero attached hydrogens (tertiary/aromatic N) is 1. The number of hydrogen-bond acceptors (Lipinski definition) is 3. The maximum absolute atomic E-state index is 12.4. The molecule has 27 heavy (non-hydrogen) atoms. The molecule has 0 spiro atoms. The number of aromatic nitrogens is 1. The Bertz CT molecular complexity index is 927. The molecular formula is C22H22ClN3O. The summed E-state index contributed by atoms with van der Waals surface area (Å²) in [4.78, 5) is 16.7. The molecule has 1 aromatic heterocycles. The Hall–Kier alpha value is -2.85. The first-order valence-corrected chi connectivity index (χ1v) is 9.26. The molecular weight excluding hydrogens is 358 g/mol. The second-order valence-corrected chi connectivity index (χ2v) is 6.84. The number of aryl methyl sites for hydroxylation is 1. The smallest absolute Gasteiger partial charge is 0.251 e. The molecule has 1 heterocycles. The van der Waals surface area contributed by atoms with Gasteiger partial charge in [-0.25, -0.2) is 4.98 Å². The lowest BCUT2D eigenvalue weighted by Gasteiger charge is -2.09. The number of nitrogens with one attached hydrogen (secondary N) is 2. The molecule has 0 atom stereocenters. The SMILES string of the molecule is Cc1cccc(CNC(=O)c2ccnc(NCCc3cccc(Cl)c3)c2)c1. The molecule has 0 fully saturated rings. The third-order valence-corrected chi connectivity index (χ3v) is 4.40. The van der Waals surface area contributed by atoms with Crippen molar-refractivity contribution in [2.45, 2.75) is 19.9 Å². The zero-order valence-electron chi connectivity index (χ0n) is 15.2. The zero-order chi connectivity index (χ0) is 19.1. The van der Waals surface area contributed by atoms with Gasteiger partial charge in [-0.05, 0) is 48.7 Å². The van der Waals surface area contributed by atoms with E-state index in [1.807, 2.05) is 49.4 Å². The predicted octanol–water partition coefficient (Wildman–Crippen LogP) is 4.63. The van der Waals surface area contributed by atoms with E-state index >= 15 is 0 Å². The maximum Gasteiger partial charge on any atom is 0.251 e. The molecule has 0 saturated heterocycles. The number of pyridine rings is 1. The van der Waals surface area contributed by atoms with E-state index in [4.69, 9.17) is 11.6 Å². The second-order valence-electron chi connectivity index (χ2n) is 6.41. The lowest BCUT2D eigenvalue weighted by Crippen LogP contribution is -2.23. The normalized spacial score (nSPS) is 10.4. The van der Waals surface area contributed by atoms with Crippen molar-refractivity contribution in [3.63, 3.8) is 0 Å². The molecule has 0 aliphatic rings. The van der Waals surface area contributed by atoms with Gasteiger partial charge < -0.3 is 10.6 Å². The van der Waals surface area contributed by atoms with Gasteiger partial charge in [-0.1, -0.05) is 53.6 Å². The van der Waals surface area contributed by atoms with Crippen molar-refractivity contribution >= 4 is 23.3 Å². The molecule has 0 aliphatic heterocycles. The molecule has 4 nitrogen and oxygen atoms in total. The van der Waals surface area contributed by atoms with Gasteiger partial charge >= 0.3 is 0 Å². The molecule has 0 bridgehead atoms.